The summed E-state index contributed by atoms with van der Waals surface area (Å²) in [6, 6.07) is 8.71. The summed E-state index contributed by atoms with van der Waals surface area (Å²) in [6.45, 7) is 5.28. The number of anilines is 1. The van der Waals surface area contributed by atoms with E-state index in [4.69, 9.17) is 5.26 Å². The zero-order valence-electron chi connectivity index (χ0n) is 10.5. The minimum Gasteiger partial charge on any atom is -0.374 e. The van der Waals surface area contributed by atoms with Crippen molar-refractivity contribution in [2.24, 2.45) is 0 Å². The van der Waals surface area contributed by atoms with E-state index < -0.39 is 0 Å². The van der Waals surface area contributed by atoms with E-state index >= 15 is 0 Å². The van der Waals surface area contributed by atoms with Gasteiger partial charge in [-0.25, -0.2) is 0 Å². The second kappa shape index (κ2) is 6.17. The monoisotopic (exact) mass is 216 g/mol. The van der Waals surface area contributed by atoms with E-state index in [1.807, 2.05) is 0 Å². The van der Waals surface area contributed by atoms with Gasteiger partial charge < -0.3 is 4.90 Å². The molecular formula is C14H20N2. The fourth-order valence-corrected chi connectivity index (χ4v) is 1.91. The number of rotatable bonds is 5. The third kappa shape index (κ3) is 3.58. The van der Waals surface area contributed by atoms with Crippen molar-refractivity contribution in [1.29, 1.82) is 5.26 Å². The Morgan fingerprint density at radius 3 is 2.62 bits per heavy atom. The van der Waals surface area contributed by atoms with Gasteiger partial charge in [0.15, 0.2) is 0 Å². The molecule has 0 bridgehead atoms. The van der Waals surface area contributed by atoms with Gasteiger partial charge in [0.2, 0.25) is 0 Å². The van der Waals surface area contributed by atoms with E-state index in [2.05, 4.69) is 50.1 Å². The molecule has 0 atom stereocenters. The molecule has 0 aromatic heterocycles. The molecule has 0 heterocycles. The molecule has 0 radical (unpaired) electrons. The third-order valence-electron chi connectivity index (χ3n) is 2.80. The van der Waals surface area contributed by atoms with Crippen LogP contribution in [-0.2, 0) is 0 Å². The fraction of sp³-hybridized carbons (Fsp3) is 0.500. The Morgan fingerprint density at radius 1 is 1.25 bits per heavy atom. The number of hydrogen-bond acceptors (Lipinski definition) is 2. The second-order valence-electron chi connectivity index (χ2n) is 4.33. The topological polar surface area (TPSA) is 27.0 Å². The molecule has 1 rings (SSSR count). The Labute approximate surface area is 98.5 Å². The van der Waals surface area contributed by atoms with Gasteiger partial charge in [0.05, 0.1) is 6.07 Å². The lowest BCUT2D eigenvalue weighted by Crippen LogP contribution is -2.19. The highest BCUT2D eigenvalue weighted by Gasteiger charge is 2.03. The SMILES string of the molecule is Cc1ccc(N(C)CCCCC#N)c(C)c1. The quantitative estimate of drug-likeness (QED) is 0.705. The Balaban J connectivity index is 2.53. The van der Waals surface area contributed by atoms with Gasteiger partial charge in [0.25, 0.3) is 0 Å². The van der Waals surface area contributed by atoms with Crippen molar-refractivity contribution in [2.45, 2.75) is 33.1 Å². The molecular weight excluding hydrogens is 196 g/mol. The molecule has 0 saturated carbocycles. The minimum atomic E-state index is 0.667. The van der Waals surface area contributed by atoms with E-state index in [9.17, 15) is 0 Å². The van der Waals surface area contributed by atoms with Crippen LogP contribution in [0.25, 0.3) is 0 Å². The van der Waals surface area contributed by atoms with E-state index in [1.54, 1.807) is 0 Å². The van der Waals surface area contributed by atoms with Crippen molar-refractivity contribution in [3.05, 3.63) is 29.3 Å². The maximum atomic E-state index is 8.46. The lowest BCUT2D eigenvalue weighted by molar-refractivity contribution is 0.733. The molecule has 86 valence electrons. The molecule has 2 heteroatoms. The number of hydrogen-bond donors (Lipinski definition) is 0. The molecule has 0 spiro atoms. The first-order chi connectivity index (χ1) is 7.65. The summed E-state index contributed by atoms with van der Waals surface area (Å²) < 4.78 is 0. The first-order valence-electron chi connectivity index (χ1n) is 5.80. The zero-order valence-corrected chi connectivity index (χ0v) is 10.5. The molecule has 1 aromatic carbocycles. The van der Waals surface area contributed by atoms with Gasteiger partial charge in [-0.05, 0) is 38.3 Å². The predicted molar refractivity (Wildman–Crippen MR) is 68.7 cm³/mol. The average molecular weight is 216 g/mol. The van der Waals surface area contributed by atoms with Gasteiger partial charge in [-0.1, -0.05) is 17.7 Å². The van der Waals surface area contributed by atoms with E-state index in [0.717, 1.165) is 19.4 Å². The Kier molecular flexibility index (Phi) is 4.85. The van der Waals surface area contributed by atoms with Crippen LogP contribution in [0.4, 0.5) is 5.69 Å². The summed E-state index contributed by atoms with van der Waals surface area (Å²) in [7, 11) is 2.12. The first-order valence-corrected chi connectivity index (χ1v) is 5.80. The van der Waals surface area contributed by atoms with Crippen LogP contribution in [0.3, 0.4) is 0 Å². The molecule has 0 aliphatic rings. The van der Waals surface area contributed by atoms with Crippen molar-refractivity contribution >= 4 is 5.69 Å². The predicted octanol–water partition coefficient (Wildman–Crippen LogP) is 3.43. The van der Waals surface area contributed by atoms with Crippen molar-refractivity contribution in [3.8, 4) is 6.07 Å². The first kappa shape index (κ1) is 12.6. The Morgan fingerprint density at radius 2 is 2.00 bits per heavy atom. The summed E-state index contributed by atoms with van der Waals surface area (Å²) in [5, 5.41) is 8.46. The maximum absolute atomic E-state index is 8.46. The molecule has 0 aliphatic carbocycles. The van der Waals surface area contributed by atoms with Crippen LogP contribution in [0.15, 0.2) is 18.2 Å². The van der Waals surface area contributed by atoms with Crippen LogP contribution < -0.4 is 4.90 Å². The summed E-state index contributed by atoms with van der Waals surface area (Å²) in [5.41, 5.74) is 3.92. The van der Waals surface area contributed by atoms with Gasteiger partial charge in [0, 0.05) is 25.7 Å². The molecule has 2 nitrogen and oxygen atoms in total. The number of benzene rings is 1. The zero-order chi connectivity index (χ0) is 12.0. The number of unbranched alkanes of at least 4 members (excludes halogenated alkanes) is 2. The number of nitrogens with zero attached hydrogens (tertiary/aromatic N) is 2. The maximum Gasteiger partial charge on any atom is 0.0621 e. The highest BCUT2D eigenvalue weighted by atomic mass is 15.1. The summed E-state index contributed by atoms with van der Waals surface area (Å²) in [4.78, 5) is 2.27. The van der Waals surface area contributed by atoms with Crippen LogP contribution in [-0.4, -0.2) is 13.6 Å². The summed E-state index contributed by atoms with van der Waals surface area (Å²) >= 11 is 0. The van der Waals surface area contributed by atoms with Gasteiger partial charge in [-0.3, -0.25) is 0 Å². The number of aryl methyl sites for hydroxylation is 2. The highest BCUT2D eigenvalue weighted by molar-refractivity contribution is 5.53. The van der Waals surface area contributed by atoms with Crippen LogP contribution in [0.1, 0.15) is 30.4 Å². The van der Waals surface area contributed by atoms with Crippen molar-refractivity contribution < 1.29 is 0 Å². The molecule has 0 aliphatic heterocycles. The lowest BCUT2D eigenvalue weighted by Gasteiger charge is -2.21. The minimum absolute atomic E-state index is 0.667. The lowest BCUT2D eigenvalue weighted by atomic mass is 10.1. The second-order valence-corrected chi connectivity index (χ2v) is 4.33. The van der Waals surface area contributed by atoms with Crippen LogP contribution >= 0.6 is 0 Å². The third-order valence-corrected chi connectivity index (χ3v) is 2.80. The highest BCUT2D eigenvalue weighted by Crippen LogP contribution is 2.20. The van der Waals surface area contributed by atoms with Crippen molar-refractivity contribution in [1.82, 2.24) is 0 Å². The largest absolute Gasteiger partial charge is 0.374 e. The Bertz CT molecular complexity index is 377. The normalized spacial score (nSPS) is 9.88. The van der Waals surface area contributed by atoms with Crippen molar-refractivity contribution in [2.75, 3.05) is 18.5 Å². The molecule has 0 amide bonds. The van der Waals surface area contributed by atoms with Crippen molar-refractivity contribution in [3.63, 3.8) is 0 Å². The molecule has 1 aromatic rings. The van der Waals surface area contributed by atoms with Crippen LogP contribution in [0.5, 0.6) is 0 Å². The molecule has 0 N–H and O–H groups in total. The summed E-state index contributed by atoms with van der Waals surface area (Å²) in [6.07, 6.45) is 2.74. The molecule has 0 fully saturated rings. The van der Waals surface area contributed by atoms with E-state index in [0.29, 0.717) is 6.42 Å². The van der Waals surface area contributed by atoms with Crippen LogP contribution in [0.2, 0.25) is 0 Å². The summed E-state index contributed by atoms with van der Waals surface area (Å²) in [5.74, 6) is 0. The standard InChI is InChI=1S/C14H20N2/c1-12-7-8-14(13(2)11-12)16(3)10-6-4-5-9-15/h7-8,11H,4-6,10H2,1-3H3. The molecule has 0 unspecified atom stereocenters. The fourth-order valence-electron chi connectivity index (χ4n) is 1.91. The number of nitriles is 1. The molecule has 0 saturated heterocycles. The molecule has 16 heavy (non-hydrogen) atoms. The van der Waals surface area contributed by atoms with Gasteiger partial charge in [0.1, 0.15) is 0 Å². The average Bonchev–Trinajstić information content (AvgIpc) is 2.24. The van der Waals surface area contributed by atoms with Gasteiger partial charge in [-0.2, -0.15) is 5.26 Å². The van der Waals surface area contributed by atoms with E-state index in [-0.39, 0.29) is 0 Å². The van der Waals surface area contributed by atoms with Crippen LogP contribution in [0, 0.1) is 25.2 Å². The smallest absolute Gasteiger partial charge is 0.0621 e. The Hall–Kier alpha value is -1.49. The van der Waals surface area contributed by atoms with Gasteiger partial charge >= 0.3 is 0 Å². The van der Waals surface area contributed by atoms with E-state index in [1.165, 1.54) is 16.8 Å². The van der Waals surface area contributed by atoms with Gasteiger partial charge in [-0.15, -0.1) is 0 Å².